The number of carbonyl (C=O) groups is 1. The second-order valence-electron chi connectivity index (χ2n) is 4.48. The van der Waals surface area contributed by atoms with E-state index in [9.17, 15) is 4.79 Å². The fourth-order valence-electron chi connectivity index (χ4n) is 1.57. The molecule has 0 aliphatic rings. The zero-order valence-electron chi connectivity index (χ0n) is 11.4. The highest BCUT2D eigenvalue weighted by Gasteiger charge is 2.17. The summed E-state index contributed by atoms with van der Waals surface area (Å²) in [5.41, 5.74) is 5.74. The maximum atomic E-state index is 11.6. The lowest BCUT2D eigenvalue weighted by molar-refractivity contribution is -0.150. The van der Waals surface area contributed by atoms with E-state index in [0.29, 0.717) is 6.42 Å². The van der Waals surface area contributed by atoms with Gasteiger partial charge < -0.3 is 10.5 Å². The molecule has 4 heteroatoms. The lowest BCUT2D eigenvalue weighted by Crippen LogP contribution is -2.34. The van der Waals surface area contributed by atoms with Gasteiger partial charge in [0.1, 0.15) is 6.04 Å². The van der Waals surface area contributed by atoms with Crippen molar-refractivity contribution in [3.8, 4) is 0 Å². The van der Waals surface area contributed by atoms with Crippen molar-refractivity contribution in [3.63, 3.8) is 0 Å². The van der Waals surface area contributed by atoms with Crippen molar-refractivity contribution in [1.82, 2.24) is 0 Å². The van der Waals surface area contributed by atoms with E-state index in [-0.39, 0.29) is 12.1 Å². The SMILES string of the molecule is CCCCCCC(C)OC(=O)[C@@H](N)CCSC. The van der Waals surface area contributed by atoms with Gasteiger partial charge >= 0.3 is 5.97 Å². The van der Waals surface area contributed by atoms with E-state index in [1.165, 1.54) is 19.3 Å². The van der Waals surface area contributed by atoms with Gasteiger partial charge in [-0.25, -0.2) is 0 Å². The monoisotopic (exact) mass is 261 g/mol. The fraction of sp³-hybridized carbons (Fsp3) is 0.923. The number of nitrogens with two attached hydrogens (primary N) is 1. The molecule has 0 aliphatic carbocycles. The van der Waals surface area contributed by atoms with Gasteiger partial charge in [-0.3, -0.25) is 4.79 Å². The normalized spacial score (nSPS) is 14.4. The lowest BCUT2D eigenvalue weighted by atomic mass is 10.1. The molecule has 0 radical (unpaired) electrons. The molecule has 0 bridgehead atoms. The third-order valence-corrected chi connectivity index (χ3v) is 3.36. The van der Waals surface area contributed by atoms with Gasteiger partial charge in [-0.15, -0.1) is 0 Å². The average molecular weight is 261 g/mol. The van der Waals surface area contributed by atoms with Crippen molar-refractivity contribution >= 4 is 17.7 Å². The molecule has 0 aromatic rings. The third-order valence-electron chi connectivity index (χ3n) is 2.72. The summed E-state index contributed by atoms with van der Waals surface area (Å²) in [5, 5.41) is 0. The van der Waals surface area contributed by atoms with Crippen LogP contribution in [-0.4, -0.2) is 30.1 Å². The minimum Gasteiger partial charge on any atom is -0.462 e. The summed E-state index contributed by atoms with van der Waals surface area (Å²) < 4.78 is 5.32. The molecular formula is C13H27NO2S. The molecule has 3 nitrogen and oxygen atoms in total. The van der Waals surface area contributed by atoms with Crippen molar-refractivity contribution in [3.05, 3.63) is 0 Å². The van der Waals surface area contributed by atoms with E-state index in [4.69, 9.17) is 10.5 Å². The van der Waals surface area contributed by atoms with Crippen molar-refractivity contribution < 1.29 is 9.53 Å². The Morgan fingerprint density at radius 1 is 1.29 bits per heavy atom. The minimum atomic E-state index is -0.458. The number of rotatable bonds is 10. The molecule has 0 heterocycles. The van der Waals surface area contributed by atoms with Crippen LogP contribution in [0, 0.1) is 0 Å². The lowest BCUT2D eigenvalue weighted by Gasteiger charge is -2.16. The van der Waals surface area contributed by atoms with Crippen LogP contribution in [0.4, 0.5) is 0 Å². The molecule has 2 atom stereocenters. The first kappa shape index (κ1) is 16.8. The molecule has 0 saturated heterocycles. The Balaban J connectivity index is 3.63. The van der Waals surface area contributed by atoms with E-state index < -0.39 is 6.04 Å². The van der Waals surface area contributed by atoms with Crippen molar-refractivity contribution in [2.75, 3.05) is 12.0 Å². The number of esters is 1. The summed E-state index contributed by atoms with van der Waals surface area (Å²) in [5.74, 6) is 0.656. The van der Waals surface area contributed by atoms with Gasteiger partial charge in [0.05, 0.1) is 6.10 Å². The van der Waals surface area contributed by atoms with Crippen molar-refractivity contribution in [1.29, 1.82) is 0 Å². The predicted molar refractivity (Wildman–Crippen MR) is 75.3 cm³/mol. The Hall–Kier alpha value is -0.220. The Bertz CT molecular complexity index is 200. The maximum Gasteiger partial charge on any atom is 0.323 e. The number of carbonyl (C=O) groups excluding carboxylic acids is 1. The highest BCUT2D eigenvalue weighted by Crippen LogP contribution is 2.09. The molecule has 0 fully saturated rings. The highest BCUT2D eigenvalue weighted by atomic mass is 32.2. The Labute approximate surface area is 110 Å². The van der Waals surface area contributed by atoms with Gasteiger partial charge in [-0.05, 0) is 38.2 Å². The van der Waals surface area contributed by atoms with Crippen LogP contribution >= 0.6 is 11.8 Å². The summed E-state index contributed by atoms with van der Waals surface area (Å²) >= 11 is 1.70. The number of ether oxygens (including phenoxy) is 1. The van der Waals surface area contributed by atoms with Crippen molar-refractivity contribution in [2.45, 2.75) is 64.5 Å². The smallest absolute Gasteiger partial charge is 0.323 e. The molecule has 0 spiro atoms. The number of hydrogen-bond acceptors (Lipinski definition) is 4. The van der Waals surface area contributed by atoms with Crippen LogP contribution in [0.2, 0.25) is 0 Å². The Kier molecular flexibility index (Phi) is 10.8. The maximum absolute atomic E-state index is 11.6. The molecule has 0 rings (SSSR count). The van der Waals surface area contributed by atoms with Gasteiger partial charge in [0.25, 0.3) is 0 Å². The largest absolute Gasteiger partial charge is 0.462 e. The molecule has 0 saturated carbocycles. The van der Waals surface area contributed by atoms with E-state index in [0.717, 1.165) is 18.6 Å². The van der Waals surface area contributed by atoms with Crippen LogP contribution < -0.4 is 5.73 Å². The number of unbranched alkanes of at least 4 members (excludes halogenated alkanes) is 3. The van der Waals surface area contributed by atoms with Gasteiger partial charge in [0.15, 0.2) is 0 Å². The second kappa shape index (κ2) is 10.9. The summed E-state index contributed by atoms with van der Waals surface area (Å²) in [6.45, 7) is 4.14. The van der Waals surface area contributed by atoms with Crippen LogP contribution in [0.1, 0.15) is 52.4 Å². The zero-order valence-corrected chi connectivity index (χ0v) is 12.2. The third kappa shape index (κ3) is 9.48. The predicted octanol–water partition coefficient (Wildman–Crippen LogP) is 2.97. The first-order valence-corrected chi connectivity index (χ1v) is 7.96. The summed E-state index contributed by atoms with van der Waals surface area (Å²) in [6.07, 6.45) is 8.48. The standard InChI is InChI=1S/C13H27NO2S/c1-4-5-6-7-8-11(2)16-13(15)12(14)9-10-17-3/h11-12H,4-10,14H2,1-3H3/t11?,12-/m0/s1. The topological polar surface area (TPSA) is 52.3 Å². The second-order valence-corrected chi connectivity index (χ2v) is 5.47. The minimum absolute atomic E-state index is 0.000291. The fourth-order valence-corrected chi connectivity index (χ4v) is 2.06. The van der Waals surface area contributed by atoms with Crippen LogP contribution in [0.3, 0.4) is 0 Å². The van der Waals surface area contributed by atoms with Gasteiger partial charge in [0.2, 0.25) is 0 Å². The quantitative estimate of drug-likeness (QED) is 0.485. The molecule has 0 aromatic heterocycles. The zero-order chi connectivity index (χ0) is 13.1. The number of thioether (sulfide) groups is 1. The van der Waals surface area contributed by atoms with Gasteiger partial charge in [-0.2, -0.15) is 11.8 Å². The molecule has 0 aliphatic heterocycles. The van der Waals surface area contributed by atoms with Gasteiger partial charge in [0, 0.05) is 0 Å². The van der Waals surface area contributed by atoms with Crippen LogP contribution in [-0.2, 0) is 9.53 Å². The van der Waals surface area contributed by atoms with E-state index in [1.54, 1.807) is 11.8 Å². The molecular weight excluding hydrogens is 234 g/mol. The van der Waals surface area contributed by atoms with Crippen LogP contribution in [0.5, 0.6) is 0 Å². The van der Waals surface area contributed by atoms with Crippen molar-refractivity contribution in [2.24, 2.45) is 5.73 Å². The van der Waals surface area contributed by atoms with E-state index in [2.05, 4.69) is 6.92 Å². The molecule has 0 amide bonds. The summed E-state index contributed by atoms with van der Waals surface area (Å²) in [6, 6.07) is -0.458. The average Bonchev–Trinajstić information content (AvgIpc) is 2.31. The van der Waals surface area contributed by atoms with Gasteiger partial charge in [-0.1, -0.05) is 26.2 Å². The first-order chi connectivity index (χ1) is 8.11. The molecule has 0 aromatic carbocycles. The Morgan fingerprint density at radius 3 is 2.59 bits per heavy atom. The number of hydrogen-bond donors (Lipinski definition) is 1. The summed E-state index contributed by atoms with van der Waals surface area (Å²) in [4.78, 5) is 11.6. The molecule has 2 N–H and O–H groups in total. The van der Waals surface area contributed by atoms with E-state index in [1.807, 2.05) is 13.2 Å². The molecule has 1 unspecified atom stereocenters. The Morgan fingerprint density at radius 2 is 2.00 bits per heavy atom. The molecule has 17 heavy (non-hydrogen) atoms. The first-order valence-electron chi connectivity index (χ1n) is 6.56. The summed E-state index contributed by atoms with van der Waals surface area (Å²) in [7, 11) is 0. The molecule has 102 valence electrons. The van der Waals surface area contributed by atoms with Crippen LogP contribution in [0.15, 0.2) is 0 Å². The van der Waals surface area contributed by atoms with E-state index >= 15 is 0 Å². The highest BCUT2D eigenvalue weighted by molar-refractivity contribution is 7.98. The van der Waals surface area contributed by atoms with Crippen LogP contribution in [0.25, 0.3) is 0 Å².